The van der Waals surface area contributed by atoms with Crippen molar-refractivity contribution in [3.63, 3.8) is 0 Å². The van der Waals surface area contributed by atoms with Crippen molar-refractivity contribution in [3.05, 3.63) is 83.1 Å². The van der Waals surface area contributed by atoms with E-state index in [-0.39, 0.29) is 25.4 Å². The predicted octanol–water partition coefficient (Wildman–Crippen LogP) is 3.69. The number of Topliss-reactive ketones (excluding diaryl/α,β-unsaturated/α-hetero) is 1. The number of rotatable bonds is 8. The summed E-state index contributed by atoms with van der Waals surface area (Å²) in [6.07, 6.45) is 0.0402. The van der Waals surface area contributed by atoms with Crippen LogP contribution in [0.3, 0.4) is 0 Å². The Kier molecular flexibility index (Phi) is 6.67. The summed E-state index contributed by atoms with van der Waals surface area (Å²) in [5.41, 5.74) is 1.51. The number of ketones is 1. The molecular weight excluding hydrogens is 384 g/mol. The first-order valence-electron chi connectivity index (χ1n) is 9.74. The van der Waals surface area contributed by atoms with Gasteiger partial charge in [0.2, 0.25) is 0 Å². The molecule has 30 heavy (non-hydrogen) atoms. The smallest absolute Gasteiger partial charge is 0.337 e. The van der Waals surface area contributed by atoms with E-state index in [0.717, 1.165) is 11.1 Å². The first kappa shape index (κ1) is 21.3. The van der Waals surface area contributed by atoms with Crippen molar-refractivity contribution in [1.29, 1.82) is 0 Å². The molecule has 1 aliphatic heterocycles. The molecule has 0 unspecified atom stereocenters. The topological polar surface area (TPSA) is 78.9 Å². The van der Waals surface area contributed by atoms with E-state index in [2.05, 4.69) is 0 Å². The minimum Gasteiger partial charge on any atom is -0.482 e. The van der Waals surface area contributed by atoms with Gasteiger partial charge in [0.1, 0.15) is 31.2 Å². The Labute approximate surface area is 175 Å². The Bertz CT molecular complexity index is 907. The van der Waals surface area contributed by atoms with Crippen molar-refractivity contribution in [3.8, 4) is 0 Å². The number of carbonyl (C=O) groups is 3. The molecule has 156 valence electrons. The Hall–Kier alpha value is -3.41. The number of ether oxygens (including phenoxy) is 3. The highest BCUT2D eigenvalue weighted by atomic mass is 16.6. The Balaban J connectivity index is 1.70. The molecule has 0 radical (unpaired) electrons. The molecule has 1 aliphatic rings. The van der Waals surface area contributed by atoms with E-state index in [1.807, 2.05) is 60.7 Å². The van der Waals surface area contributed by atoms with Crippen LogP contribution >= 0.6 is 0 Å². The lowest BCUT2D eigenvalue weighted by Gasteiger charge is -2.31. The van der Waals surface area contributed by atoms with Gasteiger partial charge in [-0.05, 0) is 13.8 Å². The zero-order chi connectivity index (χ0) is 21.6. The number of hydrogen-bond donors (Lipinski definition) is 0. The molecule has 0 atom stereocenters. The van der Waals surface area contributed by atoms with E-state index in [1.54, 1.807) is 6.92 Å². The molecule has 6 nitrogen and oxygen atoms in total. The van der Waals surface area contributed by atoms with Gasteiger partial charge in [-0.15, -0.1) is 0 Å². The van der Waals surface area contributed by atoms with Crippen LogP contribution in [0.4, 0.5) is 0 Å². The van der Waals surface area contributed by atoms with Crippen molar-refractivity contribution >= 4 is 17.7 Å². The molecule has 1 heterocycles. The lowest BCUT2D eigenvalue weighted by molar-refractivity contribution is -0.151. The normalized spacial score (nSPS) is 14.7. The SMILES string of the molecule is CC(=O)CC(=O)OCCOC(=O)C1=C(C)OC(c2ccccc2)(c2ccccc2)C1. The van der Waals surface area contributed by atoms with Crippen LogP contribution < -0.4 is 0 Å². The zero-order valence-corrected chi connectivity index (χ0v) is 17.1. The van der Waals surface area contributed by atoms with Crippen molar-refractivity contribution in [2.24, 2.45) is 0 Å². The van der Waals surface area contributed by atoms with Crippen LogP contribution in [0.5, 0.6) is 0 Å². The van der Waals surface area contributed by atoms with E-state index >= 15 is 0 Å². The van der Waals surface area contributed by atoms with Crippen LogP contribution in [0.2, 0.25) is 0 Å². The molecule has 2 aromatic carbocycles. The quantitative estimate of drug-likeness (QED) is 0.377. The molecule has 0 fully saturated rings. The van der Waals surface area contributed by atoms with Gasteiger partial charge in [-0.2, -0.15) is 0 Å². The maximum atomic E-state index is 12.7. The van der Waals surface area contributed by atoms with Gasteiger partial charge in [-0.3, -0.25) is 9.59 Å². The summed E-state index contributed by atoms with van der Waals surface area (Å²) in [6, 6.07) is 19.5. The lowest BCUT2D eigenvalue weighted by Crippen LogP contribution is -2.28. The van der Waals surface area contributed by atoms with Gasteiger partial charge >= 0.3 is 11.9 Å². The highest BCUT2D eigenvalue weighted by Crippen LogP contribution is 2.46. The van der Waals surface area contributed by atoms with E-state index in [1.165, 1.54) is 6.92 Å². The van der Waals surface area contributed by atoms with E-state index < -0.39 is 17.5 Å². The van der Waals surface area contributed by atoms with Crippen LogP contribution in [0.25, 0.3) is 0 Å². The largest absolute Gasteiger partial charge is 0.482 e. The van der Waals surface area contributed by atoms with Crippen molar-refractivity contribution in [2.75, 3.05) is 13.2 Å². The van der Waals surface area contributed by atoms with Crippen LogP contribution in [0.1, 0.15) is 37.8 Å². The summed E-state index contributed by atoms with van der Waals surface area (Å²) in [5.74, 6) is -0.922. The molecule has 2 aromatic rings. The van der Waals surface area contributed by atoms with Crippen LogP contribution in [-0.4, -0.2) is 30.9 Å². The summed E-state index contributed by atoms with van der Waals surface area (Å²) in [5, 5.41) is 0. The Morgan fingerprint density at radius 3 is 1.97 bits per heavy atom. The first-order valence-corrected chi connectivity index (χ1v) is 9.74. The van der Waals surface area contributed by atoms with E-state index in [9.17, 15) is 14.4 Å². The minimum absolute atomic E-state index is 0.0943. The summed E-state index contributed by atoms with van der Waals surface area (Å²) >= 11 is 0. The molecule has 0 bridgehead atoms. The van der Waals surface area contributed by atoms with Crippen molar-refractivity contribution in [1.82, 2.24) is 0 Å². The summed E-state index contributed by atoms with van der Waals surface area (Å²) in [4.78, 5) is 35.0. The van der Waals surface area contributed by atoms with Crippen molar-refractivity contribution in [2.45, 2.75) is 32.3 Å². The number of benzene rings is 2. The molecule has 0 aliphatic carbocycles. The second-order valence-electron chi connectivity index (χ2n) is 7.11. The maximum absolute atomic E-state index is 12.7. The third-order valence-electron chi connectivity index (χ3n) is 4.88. The molecule has 0 saturated carbocycles. The molecule has 0 amide bonds. The predicted molar refractivity (Wildman–Crippen MR) is 109 cm³/mol. The number of allylic oxidation sites excluding steroid dienone is 1. The third-order valence-corrected chi connectivity index (χ3v) is 4.88. The van der Waals surface area contributed by atoms with Gasteiger partial charge in [0.25, 0.3) is 0 Å². The Morgan fingerprint density at radius 1 is 0.900 bits per heavy atom. The molecule has 0 saturated heterocycles. The minimum atomic E-state index is -0.811. The fourth-order valence-electron chi connectivity index (χ4n) is 3.48. The summed E-state index contributed by atoms with van der Waals surface area (Å²) < 4.78 is 16.5. The highest BCUT2D eigenvalue weighted by molar-refractivity contribution is 5.94. The molecule has 3 rings (SSSR count). The summed E-state index contributed by atoms with van der Waals surface area (Å²) in [7, 11) is 0. The molecule has 0 aromatic heterocycles. The monoisotopic (exact) mass is 408 g/mol. The third kappa shape index (κ3) is 4.76. The van der Waals surface area contributed by atoms with E-state index in [0.29, 0.717) is 17.8 Å². The first-order chi connectivity index (χ1) is 14.4. The second-order valence-corrected chi connectivity index (χ2v) is 7.11. The molecule has 0 spiro atoms. The van der Waals surface area contributed by atoms with Gasteiger partial charge in [-0.25, -0.2) is 4.79 Å². The lowest BCUT2D eigenvalue weighted by atomic mass is 9.82. The fourth-order valence-corrected chi connectivity index (χ4v) is 3.48. The molecular formula is C24H24O6. The van der Waals surface area contributed by atoms with Crippen LogP contribution in [0, 0.1) is 0 Å². The zero-order valence-electron chi connectivity index (χ0n) is 17.1. The second kappa shape index (κ2) is 9.39. The van der Waals surface area contributed by atoms with Gasteiger partial charge in [0, 0.05) is 17.5 Å². The number of hydrogen-bond acceptors (Lipinski definition) is 6. The van der Waals surface area contributed by atoms with Gasteiger partial charge in [-0.1, -0.05) is 60.7 Å². The van der Waals surface area contributed by atoms with Crippen LogP contribution in [-0.2, 0) is 34.2 Å². The van der Waals surface area contributed by atoms with Gasteiger partial charge < -0.3 is 14.2 Å². The average Bonchev–Trinajstić information content (AvgIpc) is 3.10. The Morgan fingerprint density at radius 2 is 1.43 bits per heavy atom. The van der Waals surface area contributed by atoms with Crippen LogP contribution in [0.15, 0.2) is 72.0 Å². The van der Waals surface area contributed by atoms with Crippen molar-refractivity contribution < 1.29 is 28.6 Å². The summed E-state index contributed by atoms with van der Waals surface area (Å²) in [6.45, 7) is 2.86. The number of carbonyl (C=O) groups excluding carboxylic acids is 3. The fraction of sp³-hybridized carbons (Fsp3) is 0.292. The van der Waals surface area contributed by atoms with Gasteiger partial charge in [0.05, 0.1) is 5.57 Å². The van der Waals surface area contributed by atoms with Gasteiger partial charge in [0.15, 0.2) is 5.60 Å². The standard InChI is InChI=1S/C24H24O6/c1-17(25)15-22(26)28-13-14-29-23(27)21-16-24(30-18(21)2,19-9-5-3-6-10-19)20-11-7-4-8-12-20/h3-12H,13-16H2,1-2H3. The molecule has 6 heteroatoms. The number of esters is 2. The highest BCUT2D eigenvalue weighted by Gasteiger charge is 2.45. The average molecular weight is 408 g/mol. The molecule has 0 N–H and O–H groups in total. The maximum Gasteiger partial charge on any atom is 0.337 e. The van der Waals surface area contributed by atoms with E-state index in [4.69, 9.17) is 14.2 Å².